The van der Waals surface area contributed by atoms with E-state index >= 15 is 0 Å². The minimum Gasteiger partial charge on any atom is -0.382 e. The Labute approximate surface area is 374 Å². The summed E-state index contributed by atoms with van der Waals surface area (Å²) >= 11 is 0. The maximum absolute atomic E-state index is 13.4. The van der Waals surface area contributed by atoms with E-state index in [1.54, 1.807) is 7.11 Å². The first-order valence-corrected chi connectivity index (χ1v) is 22.0. The zero-order valence-electron chi connectivity index (χ0n) is 38.5. The summed E-state index contributed by atoms with van der Waals surface area (Å²) in [6.07, 6.45) is 0.178. The number of ether oxygens (including phenoxy) is 6. The summed E-state index contributed by atoms with van der Waals surface area (Å²) in [5.41, 5.74) is 0. The lowest BCUT2D eigenvalue weighted by atomic mass is 9.83. The Hall–Kier alpha value is -3.94. The average Bonchev–Trinajstić information content (AvgIpc) is 3.22. The SMILES string of the molecule is CCOCCOCC(=O)CC(CCC(=O)NCCOCCOCC(=O)CC(CCC(=O)CC(CCC(C)=O)C(C)=O)C(=O)CC(CCC(C)=O)C(C)=O)C(=O)NCCOCCOC.[HH]. The molecule has 18 nitrogen and oxygen atoms in total. The lowest BCUT2D eigenvalue weighted by Gasteiger charge is -2.19. The van der Waals surface area contributed by atoms with Gasteiger partial charge in [-0.2, -0.15) is 0 Å². The third-order valence-electron chi connectivity index (χ3n) is 10.0. The van der Waals surface area contributed by atoms with E-state index in [9.17, 15) is 47.9 Å². The van der Waals surface area contributed by atoms with E-state index in [1.807, 2.05) is 6.92 Å². The Morgan fingerprint density at radius 2 is 0.905 bits per heavy atom. The third kappa shape index (κ3) is 33.3. The number of methoxy groups -OCH3 is 1. The Morgan fingerprint density at radius 1 is 0.460 bits per heavy atom. The van der Waals surface area contributed by atoms with Crippen LogP contribution in [0.4, 0.5) is 0 Å². The smallest absolute Gasteiger partial charge is 0.223 e. The van der Waals surface area contributed by atoms with Gasteiger partial charge in [0.1, 0.15) is 47.9 Å². The number of carbonyl (C=O) groups excluding carboxylic acids is 10. The zero-order chi connectivity index (χ0) is 47.4. The Balaban J connectivity index is 0. The van der Waals surface area contributed by atoms with Crippen LogP contribution in [0.5, 0.6) is 0 Å². The van der Waals surface area contributed by atoms with Crippen molar-refractivity contribution < 1.29 is 77.8 Å². The molecule has 0 radical (unpaired) electrons. The molecule has 0 fully saturated rings. The fraction of sp³-hybridized carbons (Fsp3) is 0.778. The van der Waals surface area contributed by atoms with E-state index in [-0.39, 0.29) is 190 Å². The molecule has 63 heavy (non-hydrogen) atoms. The summed E-state index contributed by atoms with van der Waals surface area (Å²) in [4.78, 5) is 125. The van der Waals surface area contributed by atoms with E-state index in [1.165, 1.54) is 27.7 Å². The normalized spacial score (nSPS) is 13.0. The van der Waals surface area contributed by atoms with Crippen molar-refractivity contribution in [3.05, 3.63) is 0 Å². The molecule has 0 saturated carbocycles. The van der Waals surface area contributed by atoms with Crippen molar-refractivity contribution in [3.63, 3.8) is 0 Å². The van der Waals surface area contributed by atoms with Crippen molar-refractivity contribution in [3.8, 4) is 0 Å². The van der Waals surface area contributed by atoms with Crippen molar-refractivity contribution in [2.75, 3.05) is 92.9 Å². The fourth-order valence-electron chi connectivity index (χ4n) is 6.29. The number of Topliss-reactive ketones (excluding diaryl/α,β-unsaturated/α-hetero) is 8. The van der Waals surface area contributed by atoms with Gasteiger partial charge < -0.3 is 48.6 Å². The molecule has 0 spiro atoms. The predicted octanol–water partition coefficient (Wildman–Crippen LogP) is 2.99. The molecule has 4 unspecified atom stereocenters. The van der Waals surface area contributed by atoms with Gasteiger partial charge in [0.25, 0.3) is 0 Å². The topological polar surface area (TPSA) is 250 Å². The quantitative estimate of drug-likeness (QED) is 0.0834. The summed E-state index contributed by atoms with van der Waals surface area (Å²) < 4.78 is 31.8. The maximum atomic E-state index is 13.4. The molecule has 362 valence electrons. The highest BCUT2D eigenvalue weighted by Gasteiger charge is 2.28. The van der Waals surface area contributed by atoms with Crippen molar-refractivity contribution >= 4 is 58.1 Å². The number of carbonyl (C=O) groups is 10. The monoisotopic (exact) mass is 901 g/mol. The third-order valence-corrected chi connectivity index (χ3v) is 10.0. The van der Waals surface area contributed by atoms with Gasteiger partial charge in [0.05, 0.1) is 52.9 Å². The van der Waals surface area contributed by atoms with Crippen LogP contribution < -0.4 is 10.6 Å². The fourth-order valence-corrected chi connectivity index (χ4v) is 6.29. The van der Waals surface area contributed by atoms with E-state index in [0.29, 0.717) is 26.4 Å². The van der Waals surface area contributed by atoms with Gasteiger partial charge in [-0.25, -0.2) is 0 Å². The van der Waals surface area contributed by atoms with Crippen LogP contribution in [0.1, 0.15) is 113 Å². The molecule has 18 heteroatoms. The van der Waals surface area contributed by atoms with Gasteiger partial charge in [0.2, 0.25) is 11.8 Å². The lowest BCUT2D eigenvalue weighted by molar-refractivity contribution is -0.133. The molecule has 0 aliphatic rings. The highest BCUT2D eigenvalue weighted by molar-refractivity contribution is 5.93. The minimum atomic E-state index is -0.891. The van der Waals surface area contributed by atoms with Crippen molar-refractivity contribution in [2.45, 2.75) is 112 Å². The molecule has 0 aliphatic heterocycles. The number of ketones is 8. The summed E-state index contributed by atoms with van der Waals surface area (Å²) in [6.45, 7) is 9.60. The molecule has 0 heterocycles. The number of amides is 2. The van der Waals surface area contributed by atoms with Crippen molar-refractivity contribution in [1.82, 2.24) is 10.6 Å². The molecule has 0 bridgehead atoms. The zero-order valence-corrected chi connectivity index (χ0v) is 38.5. The van der Waals surface area contributed by atoms with Crippen LogP contribution in [-0.2, 0) is 76.4 Å². The van der Waals surface area contributed by atoms with Crippen LogP contribution in [0.3, 0.4) is 0 Å². The number of rotatable bonds is 44. The highest BCUT2D eigenvalue weighted by atomic mass is 16.5. The van der Waals surface area contributed by atoms with Crippen LogP contribution in [0, 0.1) is 23.7 Å². The van der Waals surface area contributed by atoms with Crippen LogP contribution in [0.15, 0.2) is 0 Å². The lowest BCUT2D eigenvalue weighted by Crippen LogP contribution is -2.36. The van der Waals surface area contributed by atoms with Crippen LogP contribution in [0.25, 0.3) is 0 Å². The molecule has 4 atom stereocenters. The number of nitrogens with one attached hydrogen (secondary N) is 2. The molecule has 0 aromatic heterocycles. The minimum absolute atomic E-state index is 0. The maximum Gasteiger partial charge on any atom is 0.223 e. The second kappa shape index (κ2) is 37.4. The summed E-state index contributed by atoms with van der Waals surface area (Å²) in [5, 5.41) is 5.45. The second-order valence-corrected chi connectivity index (χ2v) is 15.6. The van der Waals surface area contributed by atoms with Crippen LogP contribution in [-0.4, -0.2) is 151 Å². The van der Waals surface area contributed by atoms with Gasteiger partial charge in [0.15, 0.2) is 11.6 Å². The molecule has 0 rings (SSSR count). The van der Waals surface area contributed by atoms with Crippen LogP contribution in [0.2, 0.25) is 0 Å². The molecule has 2 N–H and O–H groups in total. The standard InChI is InChI=1S/C45H74N2O16.H2/c1-7-59-22-24-62-31-42(54)28-39(45(57)47-17-19-60-21-20-58-6)13-15-44(56)46-16-18-61-23-25-63-30-41(53)27-38(43(55)29-37(35(5)51)11-9-33(3)49)12-14-40(52)26-36(34(4)50)10-8-32(2)48;/h36-39H,7-31H2,1-6H3,(H,46,56)(H,47,57);1H. The summed E-state index contributed by atoms with van der Waals surface area (Å²) in [7, 11) is 1.55. The molecule has 0 saturated heterocycles. The van der Waals surface area contributed by atoms with Gasteiger partial charge in [-0.15, -0.1) is 0 Å². The van der Waals surface area contributed by atoms with Crippen molar-refractivity contribution in [2.24, 2.45) is 23.7 Å². The summed E-state index contributed by atoms with van der Waals surface area (Å²) in [5.74, 6) is -5.71. The van der Waals surface area contributed by atoms with E-state index in [2.05, 4.69) is 10.6 Å². The molecular weight excluding hydrogens is 824 g/mol. The number of hydrogen-bond acceptors (Lipinski definition) is 16. The highest BCUT2D eigenvalue weighted by Crippen LogP contribution is 2.24. The van der Waals surface area contributed by atoms with Gasteiger partial charge in [0, 0.05) is 103 Å². The Bertz CT molecular complexity index is 1440. The second-order valence-electron chi connectivity index (χ2n) is 15.6. The Kier molecular flexibility index (Phi) is 35.1. The van der Waals surface area contributed by atoms with E-state index in [4.69, 9.17) is 28.4 Å². The van der Waals surface area contributed by atoms with Gasteiger partial charge in [-0.05, 0) is 60.3 Å². The summed E-state index contributed by atoms with van der Waals surface area (Å²) in [6, 6.07) is 0. The first-order valence-electron chi connectivity index (χ1n) is 22.0. The molecule has 0 aliphatic carbocycles. The first-order chi connectivity index (χ1) is 30.0. The average molecular weight is 901 g/mol. The molecule has 0 aromatic rings. The van der Waals surface area contributed by atoms with Gasteiger partial charge >= 0.3 is 0 Å². The van der Waals surface area contributed by atoms with E-state index in [0.717, 1.165) is 0 Å². The van der Waals surface area contributed by atoms with Gasteiger partial charge in [-0.1, -0.05) is 0 Å². The van der Waals surface area contributed by atoms with Gasteiger partial charge in [-0.3, -0.25) is 38.4 Å². The Morgan fingerprint density at radius 3 is 1.43 bits per heavy atom. The molecule has 2 amide bonds. The largest absolute Gasteiger partial charge is 0.382 e. The first kappa shape index (κ1) is 59.1. The predicted molar refractivity (Wildman–Crippen MR) is 232 cm³/mol. The van der Waals surface area contributed by atoms with Crippen LogP contribution >= 0.6 is 0 Å². The van der Waals surface area contributed by atoms with Crippen molar-refractivity contribution in [1.29, 1.82) is 0 Å². The molecule has 0 aromatic carbocycles. The number of hydrogen-bond donors (Lipinski definition) is 2. The van der Waals surface area contributed by atoms with E-state index < -0.39 is 29.5 Å². The molecular formula is C45H76N2O16.